The van der Waals surface area contributed by atoms with Crippen LogP contribution in [0.1, 0.15) is 17.8 Å². The van der Waals surface area contributed by atoms with E-state index in [1.54, 1.807) is 11.8 Å². The van der Waals surface area contributed by atoms with Gasteiger partial charge in [0.05, 0.1) is 13.0 Å². The highest BCUT2D eigenvalue weighted by molar-refractivity contribution is 7.99. The van der Waals surface area contributed by atoms with Crippen LogP contribution >= 0.6 is 11.8 Å². The van der Waals surface area contributed by atoms with Crippen molar-refractivity contribution in [3.05, 3.63) is 11.7 Å². The monoisotopic (exact) mass is 266 g/mol. The highest BCUT2D eigenvalue weighted by Crippen LogP contribution is 2.24. The number of nitrogens with zero attached hydrogens (tertiary/aromatic N) is 2. The second kappa shape index (κ2) is 5.74. The average Bonchev–Trinajstić information content (AvgIpc) is 2.78. The first-order valence-corrected chi connectivity index (χ1v) is 6.30. The second-order valence-electron chi connectivity index (χ2n) is 3.59. The molecule has 8 heteroatoms. The Labute approximate surface area is 101 Å². The second-order valence-corrected chi connectivity index (χ2v) is 4.74. The summed E-state index contributed by atoms with van der Waals surface area (Å²) in [6.07, 6.45) is -5.18. The Bertz CT molecular complexity index is 358. The molecule has 5 nitrogen and oxygen atoms in total. The maximum atomic E-state index is 12.1. The smallest absolute Gasteiger partial charge is 0.264 e. The van der Waals surface area contributed by atoms with Crippen molar-refractivity contribution in [2.24, 2.45) is 0 Å². The van der Waals surface area contributed by atoms with Gasteiger partial charge in [-0.15, -0.1) is 0 Å². The van der Waals surface area contributed by atoms with Crippen LogP contribution in [0.5, 0.6) is 0 Å². The van der Waals surface area contributed by atoms with Crippen LogP contribution in [0.25, 0.3) is 0 Å². The van der Waals surface area contributed by atoms with E-state index in [1.807, 2.05) is 0 Å². The standard InChI is InChI=1S/C9H12F2N2O3S/c10-8(11)5(14)3-7-12-9(13-16-7)6-4-17-2-1-15-6/h5-6,8,14H,1-4H2. The molecular weight excluding hydrogens is 254 g/mol. The van der Waals surface area contributed by atoms with Crippen molar-refractivity contribution in [2.45, 2.75) is 25.1 Å². The van der Waals surface area contributed by atoms with E-state index in [0.29, 0.717) is 12.4 Å². The number of aromatic nitrogens is 2. The molecule has 96 valence electrons. The summed E-state index contributed by atoms with van der Waals surface area (Å²) in [6, 6.07) is 0. The Balaban J connectivity index is 1.95. The predicted molar refractivity (Wildman–Crippen MR) is 56.0 cm³/mol. The number of rotatable bonds is 4. The molecular formula is C9H12F2N2O3S. The highest BCUT2D eigenvalue weighted by atomic mass is 32.2. The van der Waals surface area contributed by atoms with Gasteiger partial charge in [0.25, 0.3) is 6.43 Å². The molecule has 0 radical (unpaired) electrons. The van der Waals surface area contributed by atoms with Crippen molar-refractivity contribution in [1.82, 2.24) is 10.1 Å². The maximum absolute atomic E-state index is 12.1. The Hall–Kier alpha value is -0.730. The van der Waals surface area contributed by atoms with Gasteiger partial charge in [-0.05, 0) is 0 Å². The van der Waals surface area contributed by atoms with Gasteiger partial charge in [-0.3, -0.25) is 0 Å². The fourth-order valence-corrected chi connectivity index (χ4v) is 2.23. The molecule has 1 fully saturated rings. The summed E-state index contributed by atoms with van der Waals surface area (Å²) < 4.78 is 34.4. The van der Waals surface area contributed by atoms with Crippen LogP contribution in [0.3, 0.4) is 0 Å². The first-order chi connectivity index (χ1) is 8.16. The third kappa shape index (κ3) is 3.36. The van der Waals surface area contributed by atoms with Gasteiger partial charge in [-0.2, -0.15) is 16.7 Å². The van der Waals surface area contributed by atoms with Crippen LogP contribution in [-0.4, -0.2) is 45.9 Å². The molecule has 0 aliphatic carbocycles. The summed E-state index contributed by atoms with van der Waals surface area (Å²) in [5, 5.41) is 12.7. The third-order valence-electron chi connectivity index (χ3n) is 2.26. The molecule has 0 aromatic carbocycles. The van der Waals surface area contributed by atoms with Gasteiger partial charge in [0, 0.05) is 11.5 Å². The molecule has 0 bridgehead atoms. The Morgan fingerprint density at radius 3 is 3.00 bits per heavy atom. The van der Waals surface area contributed by atoms with Gasteiger partial charge >= 0.3 is 0 Å². The number of hydrogen-bond donors (Lipinski definition) is 1. The van der Waals surface area contributed by atoms with Crippen molar-refractivity contribution in [3.63, 3.8) is 0 Å². The zero-order chi connectivity index (χ0) is 12.3. The van der Waals surface area contributed by atoms with Gasteiger partial charge in [0.2, 0.25) is 11.7 Å². The maximum Gasteiger partial charge on any atom is 0.264 e. The van der Waals surface area contributed by atoms with Crippen molar-refractivity contribution in [2.75, 3.05) is 18.1 Å². The average molecular weight is 266 g/mol. The van der Waals surface area contributed by atoms with Crippen molar-refractivity contribution in [1.29, 1.82) is 0 Å². The van der Waals surface area contributed by atoms with Gasteiger partial charge in [0.15, 0.2) is 0 Å². The Morgan fingerprint density at radius 2 is 2.35 bits per heavy atom. The minimum Gasteiger partial charge on any atom is -0.387 e. The molecule has 1 aliphatic rings. The van der Waals surface area contributed by atoms with Gasteiger partial charge in [0.1, 0.15) is 12.2 Å². The van der Waals surface area contributed by atoms with Crippen LogP contribution in [0.4, 0.5) is 8.78 Å². The summed E-state index contributed by atoms with van der Waals surface area (Å²) in [7, 11) is 0. The molecule has 17 heavy (non-hydrogen) atoms. The first-order valence-electron chi connectivity index (χ1n) is 5.15. The summed E-state index contributed by atoms with van der Waals surface area (Å²) >= 11 is 1.71. The summed E-state index contributed by atoms with van der Waals surface area (Å²) in [5.41, 5.74) is 0. The van der Waals surface area contributed by atoms with Gasteiger partial charge < -0.3 is 14.4 Å². The molecule has 1 aromatic rings. The van der Waals surface area contributed by atoms with Crippen molar-refractivity contribution >= 4 is 11.8 Å². The quantitative estimate of drug-likeness (QED) is 0.878. The van der Waals surface area contributed by atoms with E-state index in [1.165, 1.54) is 0 Å². The van der Waals surface area contributed by atoms with Crippen LogP contribution in [0.15, 0.2) is 4.52 Å². The fourth-order valence-electron chi connectivity index (χ4n) is 1.39. The summed E-state index contributed by atoms with van der Waals surface area (Å²) in [4.78, 5) is 3.95. The predicted octanol–water partition coefficient (Wildman–Crippen LogP) is 1.04. The van der Waals surface area contributed by atoms with Crippen molar-refractivity contribution in [3.8, 4) is 0 Å². The lowest BCUT2D eigenvalue weighted by molar-refractivity contribution is -0.00754. The molecule has 1 saturated heterocycles. The number of aliphatic hydroxyl groups excluding tert-OH is 1. The lowest BCUT2D eigenvalue weighted by Gasteiger charge is -2.18. The van der Waals surface area contributed by atoms with Crippen LogP contribution < -0.4 is 0 Å². The van der Waals surface area contributed by atoms with E-state index < -0.39 is 12.5 Å². The third-order valence-corrected chi connectivity index (χ3v) is 3.26. The van der Waals surface area contributed by atoms with E-state index in [2.05, 4.69) is 10.1 Å². The molecule has 1 aromatic heterocycles. The number of aliphatic hydroxyl groups is 1. The molecule has 0 spiro atoms. The normalized spacial score (nSPS) is 22.9. The molecule has 2 atom stereocenters. The number of halogens is 2. The number of alkyl halides is 2. The molecule has 2 heterocycles. The van der Waals surface area contributed by atoms with Crippen molar-refractivity contribution < 1.29 is 23.1 Å². The van der Waals surface area contributed by atoms with Crippen LogP contribution in [0.2, 0.25) is 0 Å². The zero-order valence-electron chi connectivity index (χ0n) is 8.88. The molecule has 1 N–H and O–H groups in total. The van der Waals surface area contributed by atoms with E-state index in [9.17, 15) is 8.78 Å². The van der Waals surface area contributed by atoms with E-state index in [0.717, 1.165) is 11.5 Å². The fraction of sp³-hybridized carbons (Fsp3) is 0.778. The highest BCUT2D eigenvalue weighted by Gasteiger charge is 2.25. The molecule has 0 saturated carbocycles. The molecule has 1 aliphatic heterocycles. The summed E-state index contributed by atoms with van der Waals surface area (Å²) in [5.74, 6) is 2.00. The van der Waals surface area contributed by atoms with E-state index in [4.69, 9.17) is 14.4 Å². The number of hydrogen-bond acceptors (Lipinski definition) is 6. The van der Waals surface area contributed by atoms with E-state index in [-0.39, 0.29) is 18.4 Å². The molecule has 2 rings (SSSR count). The Morgan fingerprint density at radius 1 is 1.53 bits per heavy atom. The van der Waals surface area contributed by atoms with Crippen LogP contribution in [-0.2, 0) is 11.2 Å². The van der Waals surface area contributed by atoms with E-state index >= 15 is 0 Å². The number of thioether (sulfide) groups is 1. The first kappa shape index (κ1) is 12.7. The SMILES string of the molecule is OC(Cc1nc(C2CSCCO2)no1)C(F)F. The minimum absolute atomic E-state index is 0.00646. The molecule has 2 unspecified atom stereocenters. The van der Waals surface area contributed by atoms with Gasteiger partial charge in [-0.25, -0.2) is 8.78 Å². The van der Waals surface area contributed by atoms with Gasteiger partial charge in [-0.1, -0.05) is 5.16 Å². The topological polar surface area (TPSA) is 68.4 Å². The zero-order valence-corrected chi connectivity index (χ0v) is 9.70. The number of ether oxygens (including phenoxy) is 1. The summed E-state index contributed by atoms with van der Waals surface area (Å²) in [6.45, 7) is 0.610. The van der Waals surface area contributed by atoms with Crippen LogP contribution in [0, 0.1) is 0 Å². The lowest BCUT2D eigenvalue weighted by atomic mass is 10.2. The minimum atomic E-state index is -2.81. The largest absolute Gasteiger partial charge is 0.387 e. The molecule has 0 amide bonds. The Kier molecular flexibility index (Phi) is 4.30. The lowest BCUT2D eigenvalue weighted by Crippen LogP contribution is -2.20.